The van der Waals surface area contributed by atoms with Crippen LogP contribution in [0.1, 0.15) is 5.56 Å². The molecule has 0 aliphatic rings. The van der Waals surface area contributed by atoms with E-state index >= 15 is 0 Å². The highest BCUT2D eigenvalue weighted by Crippen LogP contribution is 2.23. The Morgan fingerprint density at radius 3 is 2.65 bits per heavy atom. The van der Waals surface area contributed by atoms with Crippen LogP contribution in [0.5, 0.6) is 0 Å². The van der Waals surface area contributed by atoms with E-state index in [-0.39, 0.29) is 11.7 Å². The maximum Gasteiger partial charge on any atom is 0.230 e. The lowest BCUT2D eigenvalue weighted by Crippen LogP contribution is -2.24. The second-order valence-electron chi connectivity index (χ2n) is 4.24. The largest absolute Gasteiger partial charge is 0.399 e. The second-order valence-corrected chi connectivity index (χ2v) is 5.26. The lowest BCUT2D eigenvalue weighted by atomic mass is 10.2. The SMILES string of the molecule is Nc1ccc(SCC(=O)NCc2ccccc2)c(F)c1. The standard InChI is InChI=1S/C15H15FN2OS/c16-13-8-12(17)6-7-14(13)20-10-15(19)18-9-11-4-2-1-3-5-11/h1-8H,9-10,17H2,(H,18,19). The molecule has 0 aliphatic heterocycles. The number of thioether (sulfide) groups is 1. The van der Waals surface area contributed by atoms with Crippen molar-refractivity contribution in [1.29, 1.82) is 0 Å². The van der Waals surface area contributed by atoms with Gasteiger partial charge in [0.1, 0.15) is 5.82 Å². The van der Waals surface area contributed by atoms with Crippen LogP contribution < -0.4 is 11.1 Å². The van der Waals surface area contributed by atoms with E-state index in [1.807, 2.05) is 30.3 Å². The summed E-state index contributed by atoms with van der Waals surface area (Å²) in [5.41, 5.74) is 6.87. The van der Waals surface area contributed by atoms with Gasteiger partial charge in [0.15, 0.2) is 0 Å². The zero-order chi connectivity index (χ0) is 14.4. The van der Waals surface area contributed by atoms with Crippen LogP contribution in [0, 0.1) is 5.82 Å². The van der Waals surface area contributed by atoms with E-state index in [0.717, 1.165) is 17.3 Å². The molecule has 1 amide bonds. The Bertz CT molecular complexity index is 590. The van der Waals surface area contributed by atoms with Gasteiger partial charge in [0.05, 0.1) is 5.75 Å². The molecule has 0 aromatic heterocycles. The van der Waals surface area contributed by atoms with Crippen LogP contribution in [-0.2, 0) is 11.3 Å². The van der Waals surface area contributed by atoms with Crippen LogP contribution in [0.4, 0.5) is 10.1 Å². The van der Waals surface area contributed by atoms with Crippen LogP contribution in [0.3, 0.4) is 0 Å². The molecule has 0 fully saturated rings. The second kappa shape index (κ2) is 6.96. The summed E-state index contributed by atoms with van der Waals surface area (Å²) < 4.78 is 13.5. The number of amides is 1. The molecule has 0 saturated heterocycles. The number of nitrogens with one attached hydrogen (secondary N) is 1. The number of carbonyl (C=O) groups is 1. The van der Waals surface area contributed by atoms with Gasteiger partial charge in [-0.25, -0.2) is 4.39 Å². The summed E-state index contributed by atoms with van der Waals surface area (Å²) in [6, 6.07) is 14.1. The number of benzene rings is 2. The van der Waals surface area contributed by atoms with Crippen molar-refractivity contribution >= 4 is 23.4 Å². The van der Waals surface area contributed by atoms with Crippen molar-refractivity contribution in [3.63, 3.8) is 0 Å². The van der Waals surface area contributed by atoms with Crippen LogP contribution in [0.15, 0.2) is 53.4 Å². The molecule has 3 nitrogen and oxygen atoms in total. The first kappa shape index (κ1) is 14.4. The molecule has 0 radical (unpaired) electrons. The number of nitrogens with two attached hydrogens (primary N) is 1. The molecule has 0 heterocycles. The number of carbonyl (C=O) groups excluding carboxylic acids is 1. The average Bonchev–Trinajstić information content (AvgIpc) is 2.45. The van der Waals surface area contributed by atoms with E-state index < -0.39 is 5.82 Å². The number of hydrogen-bond acceptors (Lipinski definition) is 3. The topological polar surface area (TPSA) is 55.1 Å². The first-order chi connectivity index (χ1) is 9.65. The van der Waals surface area contributed by atoms with Crippen molar-refractivity contribution < 1.29 is 9.18 Å². The third kappa shape index (κ3) is 4.28. The van der Waals surface area contributed by atoms with Crippen molar-refractivity contribution in [1.82, 2.24) is 5.32 Å². The van der Waals surface area contributed by atoms with Crippen molar-refractivity contribution in [2.45, 2.75) is 11.4 Å². The molecular weight excluding hydrogens is 275 g/mol. The quantitative estimate of drug-likeness (QED) is 0.657. The van der Waals surface area contributed by atoms with Crippen molar-refractivity contribution in [3.8, 4) is 0 Å². The fourth-order valence-electron chi connectivity index (χ4n) is 1.62. The summed E-state index contributed by atoms with van der Waals surface area (Å²) in [5.74, 6) is -0.353. The summed E-state index contributed by atoms with van der Waals surface area (Å²) in [6.45, 7) is 0.477. The number of nitrogen functional groups attached to an aromatic ring is 1. The first-order valence-corrected chi connectivity index (χ1v) is 7.12. The maximum atomic E-state index is 13.5. The lowest BCUT2D eigenvalue weighted by Gasteiger charge is -2.06. The average molecular weight is 290 g/mol. The lowest BCUT2D eigenvalue weighted by molar-refractivity contribution is -0.118. The van der Waals surface area contributed by atoms with Crippen LogP contribution in [0.25, 0.3) is 0 Å². The third-order valence-corrected chi connectivity index (χ3v) is 3.70. The van der Waals surface area contributed by atoms with Gasteiger partial charge in [0, 0.05) is 17.1 Å². The zero-order valence-electron chi connectivity index (χ0n) is 10.8. The highest BCUT2D eigenvalue weighted by Gasteiger charge is 2.07. The molecule has 0 bridgehead atoms. The minimum absolute atomic E-state index is 0.130. The zero-order valence-corrected chi connectivity index (χ0v) is 11.6. The molecule has 2 aromatic carbocycles. The van der Waals surface area contributed by atoms with Gasteiger partial charge >= 0.3 is 0 Å². The van der Waals surface area contributed by atoms with E-state index in [1.165, 1.54) is 6.07 Å². The van der Waals surface area contributed by atoms with Gasteiger partial charge in [-0.15, -0.1) is 11.8 Å². The third-order valence-electron chi connectivity index (χ3n) is 2.65. The van der Waals surface area contributed by atoms with Crippen LogP contribution in [-0.4, -0.2) is 11.7 Å². The smallest absolute Gasteiger partial charge is 0.230 e. The fraction of sp³-hybridized carbons (Fsp3) is 0.133. The Balaban J connectivity index is 1.80. The normalized spacial score (nSPS) is 10.2. The molecule has 0 atom stereocenters. The molecule has 0 aliphatic carbocycles. The number of rotatable bonds is 5. The minimum Gasteiger partial charge on any atom is -0.399 e. The van der Waals surface area contributed by atoms with Gasteiger partial charge in [-0.1, -0.05) is 30.3 Å². The van der Waals surface area contributed by atoms with E-state index in [4.69, 9.17) is 5.73 Å². The van der Waals surface area contributed by atoms with Crippen molar-refractivity contribution in [3.05, 3.63) is 59.9 Å². The van der Waals surface area contributed by atoms with Crippen LogP contribution >= 0.6 is 11.8 Å². The number of halogens is 1. The molecule has 5 heteroatoms. The predicted molar refractivity (Wildman–Crippen MR) is 79.8 cm³/mol. The molecule has 0 unspecified atom stereocenters. The van der Waals surface area contributed by atoms with Crippen molar-refractivity contribution in [2.24, 2.45) is 0 Å². The molecule has 104 valence electrons. The Morgan fingerprint density at radius 2 is 1.95 bits per heavy atom. The minimum atomic E-state index is -0.397. The Hall–Kier alpha value is -2.01. The molecule has 2 rings (SSSR count). The van der Waals surface area contributed by atoms with Gasteiger partial charge in [-0.2, -0.15) is 0 Å². The van der Waals surface area contributed by atoms with E-state index in [0.29, 0.717) is 17.1 Å². The predicted octanol–water partition coefficient (Wildman–Crippen LogP) is 2.82. The molecular formula is C15H15FN2OS. The van der Waals surface area contributed by atoms with E-state index in [2.05, 4.69) is 5.32 Å². The summed E-state index contributed by atoms with van der Waals surface area (Å²) in [6.07, 6.45) is 0. The fourth-order valence-corrected chi connectivity index (χ4v) is 2.37. The molecule has 0 spiro atoms. The monoisotopic (exact) mass is 290 g/mol. The molecule has 3 N–H and O–H groups in total. The van der Waals surface area contributed by atoms with Crippen LogP contribution in [0.2, 0.25) is 0 Å². The van der Waals surface area contributed by atoms with Gasteiger partial charge < -0.3 is 11.1 Å². The van der Waals surface area contributed by atoms with Gasteiger partial charge in [0.2, 0.25) is 5.91 Å². The van der Waals surface area contributed by atoms with Gasteiger partial charge in [0.25, 0.3) is 0 Å². The Labute approximate surface area is 121 Å². The molecule has 20 heavy (non-hydrogen) atoms. The Morgan fingerprint density at radius 1 is 1.20 bits per heavy atom. The number of anilines is 1. The van der Waals surface area contributed by atoms with E-state index in [9.17, 15) is 9.18 Å². The van der Waals surface area contributed by atoms with Gasteiger partial charge in [-0.3, -0.25) is 4.79 Å². The highest BCUT2D eigenvalue weighted by molar-refractivity contribution is 8.00. The summed E-state index contributed by atoms with van der Waals surface area (Å²) in [5, 5.41) is 2.79. The Kier molecular flexibility index (Phi) is 5.01. The molecule has 0 saturated carbocycles. The van der Waals surface area contributed by atoms with E-state index in [1.54, 1.807) is 12.1 Å². The first-order valence-electron chi connectivity index (χ1n) is 6.13. The number of hydrogen-bond donors (Lipinski definition) is 2. The van der Waals surface area contributed by atoms with Crippen molar-refractivity contribution in [2.75, 3.05) is 11.5 Å². The maximum absolute atomic E-state index is 13.5. The molecule has 2 aromatic rings. The summed E-state index contributed by atoms with van der Waals surface area (Å²) >= 11 is 1.16. The summed E-state index contributed by atoms with van der Waals surface area (Å²) in [4.78, 5) is 12.1. The highest BCUT2D eigenvalue weighted by atomic mass is 32.2. The summed E-state index contributed by atoms with van der Waals surface area (Å²) in [7, 11) is 0. The van der Waals surface area contributed by atoms with Gasteiger partial charge in [-0.05, 0) is 23.8 Å².